The van der Waals surface area contributed by atoms with Crippen molar-refractivity contribution in [3.8, 4) is 44.9 Å². The molecule has 150 valence electrons. The summed E-state index contributed by atoms with van der Waals surface area (Å²) in [6, 6.07) is 36.3. The molecule has 3 heteroatoms. The molecule has 5 rings (SSSR count). The van der Waals surface area contributed by atoms with Crippen molar-refractivity contribution in [1.82, 2.24) is 0 Å². The Hall–Kier alpha value is -4.24. The van der Waals surface area contributed by atoms with E-state index in [1.807, 2.05) is 84.9 Å². The summed E-state index contributed by atoms with van der Waals surface area (Å²) < 4.78 is 6.62. The highest BCUT2D eigenvalue weighted by molar-refractivity contribution is 5.99. The third kappa shape index (κ3) is 3.58. The second-order valence-corrected chi connectivity index (χ2v) is 7.49. The molecule has 0 saturated carbocycles. The van der Waals surface area contributed by atoms with Crippen LogP contribution in [0, 0.1) is 0 Å². The molecule has 0 radical (unpaired) electrons. The number of hydrogen-bond acceptors (Lipinski definition) is 3. The predicted octanol–water partition coefficient (Wildman–Crippen LogP) is 7.11. The van der Waals surface area contributed by atoms with Crippen LogP contribution in [0.15, 0.2) is 114 Å². The maximum absolute atomic E-state index is 6.62. The van der Waals surface area contributed by atoms with Crippen LogP contribution in [0.25, 0.3) is 44.9 Å². The van der Waals surface area contributed by atoms with Crippen LogP contribution in [-0.2, 0) is 0 Å². The summed E-state index contributed by atoms with van der Waals surface area (Å²) in [6.07, 6.45) is 0. The molecule has 0 spiro atoms. The Bertz CT molecular complexity index is 1200. The maximum atomic E-state index is 6.62. The minimum Gasteiger partial charge on any atom is -0.455 e. The van der Waals surface area contributed by atoms with Crippen molar-refractivity contribution in [2.75, 3.05) is 11.5 Å². The Morgan fingerprint density at radius 1 is 0.387 bits per heavy atom. The van der Waals surface area contributed by atoms with Gasteiger partial charge in [-0.05, 0) is 35.4 Å². The fraction of sp³-hybridized carbons (Fsp3) is 0. The molecule has 1 aromatic heterocycles. The molecule has 4 aromatic carbocycles. The molecule has 0 aliphatic heterocycles. The Morgan fingerprint density at radius 3 is 1.10 bits per heavy atom. The lowest BCUT2D eigenvalue weighted by Gasteiger charge is -2.09. The molecule has 0 unspecified atom stereocenters. The van der Waals surface area contributed by atoms with E-state index in [0.717, 1.165) is 56.3 Å². The fourth-order valence-electron chi connectivity index (χ4n) is 3.87. The molecular weight excluding hydrogens is 380 g/mol. The number of anilines is 2. The standard InChI is InChI=1S/C28H22N2O/c29-23-15-11-19(12-16-23)25-26(20-13-17-24(30)18-14-20)28(22-9-5-2-6-10-22)31-27(25)21-7-3-1-4-8-21/h1-18H,29-30H2. The van der Waals surface area contributed by atoms with Gasteiger partial charge < -0.3 is 15.9 Å². The molecular formula is C28H22N2O. The molecule has 0 fully saturated rings. The summed E-state index contributed by atoms with van der Waals surface area (Å²) in [5, 5.41) is 0. The van der Waals surface area contributed by atoms with E-state index >= 15 is 0 Å². The normalized spacial score (nSPS) is 10.8. The highest BCUT2D eigenvalue weighted by atomic mass is 16.3. The third-order valence-corrected chi connectivity index (χ3v) is 5.38. The van der Waals surface area contributed by atoms with Crippen LogP contribution in [0.1, 0.15) is 0 Å². The number of furan rings is 1. The second-order valence-electron chi connectivity index (χ2n) is 7.49. The van der Waals surface area contributed by atoms with Gasteiger partial charge in [0.25, 0.3) is 0 Å². The van der Waals surface area contributed by atoms with Gasteiger partial charge in [0.1, 0.15) is 11.5 Å². The van der Waals surface area contributed by atoms with Gasteiger partial charge in [0.15, 0.2) is 0 Å². The lowest BCUT2D eigenvalue weighted by Crippen LogP contribution is -1.89. The lowest BCUT2D eigenvalue weighted by molar-refractivity contribution is 0.599. The molecule has 0 saturated heterocycles. The lowest BCUT2D eigenvalue weighted by atomic mass is 9.91. The van der Waals surface area contributed by atoms with Crippen LogP contribution in [0.5, 0.6) is 0 Å². The number of nitrogen functional groups attached to an aromatic ring is 2. The van der Waals surface area contributed by atoms with Crippen molar-refractivity contribution in [2.45, 2.75) is 0 Å². The monoisotopic (exact) mass is 402 g/mol. The summed E-state index contributed by atoms with van der Waals surface area (Å²) in [7, 11) is 0. The zero-order valence-corrected chi connectivity index (χ0v) is 17.0. The Kier molecular flexibility index (Phi) is 4.77. The number of nitrogens with two attached hydrogens (primary N) is 2. The highest BCUT2D eigenvalue weighted by Crippen LogP contribution is 2.48. The summed E-state index contributed by atoms with van der Waals surface area (Å²) in [5.41, 5.74) is 19.6. The minimum absolute atomic E-state index is 0.728. The van der Waals surface area contributed by atoms with E-state index in [9.17, 15) is 0 Å². The predicted molar refractivity (Wildman–Crippen MR) is 129 cm³/mol. The minimum atomic E-state index is 0.728. The zero-order chi connectivity index (χ0) is 21.2. The average Bonchev–Trinajstić information content (AvgIpc) is 3.22. The SMILES string of the molecule is Nc1ccc(-c2c(-c3ccccc3)oc(-c3ccccc3)c2-c2ccc(N)cc2)cc1. The van der Waals surface area contributed by atoms with Gasteiger partial charge in [0.2, 0.25) is 0 Å². The first-order valence-electron chi connectivity index (χ1n) is 10.2. The maximum Gasteiger partial charge on any atom is 0.143 e. The molecule has 4 N–H and O–H groups in total. The molecule has 0 atom stereocenters. The van der Waals surface area contributed by atoms with E-state index < -0.39 is 0 Å². The third-order valence-electron chi connectivity index (χ3n) is 5.38. The van der Waals surface area contributed by atoms with Crippen molar-refractivity contribution in [3.05, 3.63) is 109 Å². The topological polar surface area (TPSA) is 65.2 Å². The van der Waals surface area contributed by atoms with Gasteiger partial charge in [-0.15, -0.1) is 0 Å². The largest absolute Gasteiger partial charge is 0.455 e. The van der Waals surface area contributed by atoms with Crippen LogP contribution in [0.4, 0.5) is 11.4 Å². The van der Waals surface area contributed by atoms with Gasteiger partial charge in [-0.3, -0.25) is 0 Å². The number of rotatable bonds is 4. The second kappa shape index (κ2) is 7.88. The Labute approximate surface area is 181 Å². The number of benzene rings is 4. The Balaban J connectivity index is 1.88. The number of hydrogen-bond donors (Lipinski definition) is 2. The van der Waals surface area contributed by atoms with Gasteiger partial charge in [-0.25, -0.2) is 0 Å². The summed E-state index contributed by atoms with van der Waals surface area (Å²) in [5.74, 6) is 1.66. The van der Waals surface area contributed by atoms with E-state index in [1.165, 1.54) is 0 Å². The van der Waals surface area contributed by atoms with Crippen LogP contribution >= 0.6 is 0 Å². The van der Waals surface area contributed by atoms with Crippen molar-refractivity contribution in [2.24, 2.45) is 0 Å². The molecule has 1 heterocycles. The smallest absolute Gasteiger partial charge is 0.143 e. The first-order valence-corrected chi connectivity index (χ1v) is 10.2. The fourth-order valence-corrected chi connectivity index (χ4v) is 3.87. The molecule has 0 amide bonds. The van der Waals surface area contributed by atoms with E-state index in [0.29, 0.717) is 0 Å². The van der Waals surface area contributed by atoms with Crippen LogP contribution < -0.4 is 11.5 Å². The zero-order valence-electron chi connectivity index (χ0n) is 17.0. The molecule has 0 bridgehead atoms. The summed E-state index contributed by atoms with van der Waals surface area (Å²) in [4.78, 5) is 0. The molecule has 31 heavy (non-hydrogen) atoms. The first-order chi connectivity index (χ1) is 15.2. The van der Waals surface area contributed by atoms with Gasteiger partial charge in [0, 0.05) is 33.6 Å². The molecule has 0 aliphatic rings. The van der Waals surface area contributed by atoms with Gasteiger partial charge in [-0.2, -0.15) is 0 Å². The molecule has 3 nitrogen and oxygen atoms in total. The summed E-state index contributed by atoms with van der Waals surface area (Å²) >= 11 is 0. The van der Waals surface area contributed by atoms with Crippen LogP contribution in [-0.4, -0.2) is 0 Å². The average molecular weight is 402 g/mol. The Morgan fingerprint density at radius 2 is 0.742 bits per heavy atom. The van der Waals surface area contributed by atoms with E-state index in [2.05, 4.69) is 24.3 Å². The van der Waals surface area contributed by atoms with E-state index in [1.54, 1.807) is 0 Å². The first kappa shape index (κ1) is 18.8. The quantitative estimate of drug-likeness (QED) is 0.315. The summed E-state index contributed by atoms with van der Waals surface area (Å²) in [6.45, 7) is 0. The van der Waals surface area contributed by atoms with Gasteiger partial charge in [0.05, 0.1) is 0 Å². The van der Waals surface area contributed by atoms with Gasteiger partial charge >= 0.3 is 0 Å². The van der Waals surface area contributed by atoms with E-state index in [-0.39, 0.29) is 0 Å². The van der Waals surface area contributed by atoms with Gasteiger partial charge in [-0.1, -0.05) is 84.9 Å². The van der Waals surface area contributed by atoms with Crippen molar-refractivity contribution < 1.29 is 4.42 Å². The highest BCUT2D eigenvalue weighted by Gasteiger charge is 2.24. The van der Waals surface area contributed by atoms with E-state index in [4.69, 9.17) is 15.9 Å². The van der Waals surface area contributed by atoms with Crippen LogP contribution in [0.3, 0.4) is 0 Å². The van der Waals surface area contributed by atoms with Crippen molar-refractivity contribution >= 4 is 11.4 Å². The molecule has 5 aromatic rings. The van der Waals surface area contributed by atoms with Crippen molar-refractivity contribution in [3.63, 3.8) is 0 Å². The molecule has 0 aliphatic carbocycles. The van der Waals surface area contributed by atoms with Crippen LogP contribution in [0.2, 0.25) is 0 Å². The van der Waals surface area contributed by atoms with Crippen molar-refractivity contribution in [1.29, 1.82) is 0 Å².